The zero-order valence-corrected chi connectivity index (χ0v) is 6.55. The number of amides is 1. The van der Waals surface area contributed by atoms with Crippen molar-refractivity contribution in [3.8, 4) is 0 Å². The van der Waals surface area contributed by atoms with Gasteiger partial charge in [-0.2, -0.15) is 11.8 Å². The fourth-order valence-corrected chi connectivity index (χ4v) is 0.896. The van der Waals surface area contributed by atoms with Gasteiger partial charge in [-0.05, 0) is 6.26 Å². The maximum atomic E-state index is 10.7. The Bertz CT molecular complexity index is 122. The summed E-state index contributed by atoms with van der Waals surface area (Å²) in [5.41, 5.74) is 0.630. The molecular weight excluding hydrogens is 134 g/mol. The average molecular weight is 145 g/mol. The van der Waals surface area contributed by atoms with Gasteiger partial charge in [0.15, 0.2) is 0 Å². The molecule has 9 heavy (non-hydrogen) atoms. The summed E-state index contributed by atoms with van der Waals surface area (Å²) in [7, 11) is 1.60. The van der Waals surface area contributed by atoms with E-state index in [0.717, 1.165) is 0 Å². The van der Waals surface area contributed by atoms with Crippen LogP contribution in [0, 0.1) is 0 Å². The van der Waals surface area contributed by atoms with Crippen LogP contribution in [0.2, 0.25) is 0 Å². The van der Waals surface area contributed by atoms with Gasteiger partial charge in [0.2, 0.25) is 5.91 Å². The van der Waals surface area contributed by atoms with Crippen LogP contribution < -0.4 is 5.32 Å². The zero-order chi connectivity index (χ0) is 7.28. The molecule has 0 aromatic heterocycles. The van der Waals surface area contributed by atoms with Gasteiger partial charge in [0, 0.05) is 18.4 Å². The van der Waals surface area contributed by atoms with Gasteiger partial charge >= 0.3 is 0 Å². The molecule has 0 fully saturated rings. The van der Waals surface area contributed by atoms with E-state index in [9.17, 15) is 4.79 Å². The van der Waals surface area contributed by atoms with Gasteiger partial charge in [0.1, 0.15) is 0 Å². The van der Waals surface area contributed by atoms with E-state index in [1.54, 1.807) is 18.8 Å². The zero-order valence-electron chi connectivity index (χ0n) is 5.73. The third-order valence-electron chi connectivity index (χ3n) is 0.867. The van der Waals surface area contributed by atoms with Crippen molar-refractivity contribution in [3.05, 3.63) is 12.2 Å². The van der Waals surface area contributed by atoms with Gasteiger partial charge in [-0.3, -0.25) is 4.79 Å². The summed E-state index contributed by atoms with van der Waals surface area (Å²) < 4.78 is 0. The molecule has 0 saturated carbocycles. The van der Waals surface area contributed by atoms with Gasteiger partial charge in [0.25, 0.3) is 0 Å². The number of carbonyl (C=O) groups is 1. The number of rotatable bonds is 3. The molecule has 0 bridgehead atoms. The first-order valence-corrected chi connectivity index (χ1v) is 4.00. The third-order valence-corrected chi connectivity index (χ3v) is 1.50. The molecule has 1 amide bonds. The predicted octanol–water partition coefficient (Wildman–Crippen LogP) is 0.652. The van der Waals surface area contributed by atoms with Crippen LogP contribution in [0.15, 0.2) is 12.2 Å². The molecule has 0 radical (unpaired) electrons. The second-order valence-corrected chi connectivity index (χ2v) is 2.48. The van der Waals surface area contributed by atoms with Crippen LogP contribution in [0.25, 0.3) is 0 Å². The van der Waals surface area contributed by atoms with Crippen molar-refractivity contribution in [2.75, 3.05) is 19.1 Å². The number of hydrogen-bond donors (Lipinski definition) is 1. The second-order valence-electron chi connectivity index (χ2n) is 1.62. The summed E-state index contributed by atoms with van der Waals surface area (Å²) in [6, 6.07) is 0. The lowest BCUT2D eigenvalue weighted by molar-refractivity contribution is -0.116. The van der Waals surface area contributed by atoms with E-state index in [4.69, 9.17) is 0 Å². The highest BCUT2D eigenvalue weighted by Gasteiger charge is 2.00. The number of carbonyl (C=O) groups excluding carboxylic acids is 1. The summed E-state index contributed by atoms with van der Waals surface area (Å²) in [5.74, 6) is 0.643. The fraction of sp³-hybridized carbons (Fsp3) is 0.500. The average Bonchev–Trinajstić information content (AvgIpc) is 1.87. The molecule has 3 heteroatoms. The maximum absolute atomic E-state index is 10.7. The lowest BCUT2D eigenvalue weighted by Crippen LogP contribution is -2.20. The summed E-state index contributed by atoms with van der Waals surface area (Å²) >= 11 is 1.59. The van der Waals surface area contributed by atoms with Gasteiger partial charge < -0.3 is 5.32 Å². The second kappa shape index (κ2) is 4.44. The highest BCUT2D eigenvalue weighted by molar-refractivity contribution is 7.98. The van der Waals surface area contributed by atoms with Crippen molar-refractivity contribution in [3.63, 3.8) is 0 Å². The van der Waals surface area contributed by atoms with Crippen LogP contribution in [0.3, 0.4) is 0 Å². The molecule has 2 nitrogen and oxygen atoms in total. The fourth-order valence-electron chi connectivity index (χ4n) is 0.417. The standard InChI is InChI=1S/C6H11NOS/c1-5(4-9-3)6(8)7-2/h1,4H2,2-3H3,(H,7,8). The van der Waals surface area contributed by atoms with E-state index in [-0.39, 0.29) is 5.91 Å². The van der Waals surface area contributed by atoms with E-state index < -0.39 is 0 Å². The smallest absolute Gasteiger partial charge is 0.247 e. The van der Waals surface area contributed by atoms with Crippen molar-refractivity contribution in [1.29, 1.82) is 0 Å². The van der Waals surface area contributed by atoms with Crippen LogP contribution >= 0.6 is 11.8 Å². The first kappa shape index (κ1) is 8.56. The Kier molecular flexibility index (Phi) is 4.22. The van der Waals surface area contributed by atoms with E-state index in [1.807, 2.05) is 6.26 Å². The lowest BCUT2D eigenvalue weighted by atomic mass is 10.3. The van der Waals surface area contributed by atoms with Gasteiger partial charge in [0.05, 0.1) is 0 Å². The quantitative estimate of drug-likeness (QED) is 0.591. The number of nitrogens with one attached hydrogen (secondary N) is 1. The van der Waals surface area contributed by atoms with Gasteiger partial charge in [-0.25, -0.2) is 0 Å². The third kappa shape index (κ3) is 3.19. The van der Waals surface area contributed by atoms with E-state index >= 15 is 0 Å². The number of hydrogen-bond acceptors (Lipinski definition) is 2. The van der Waals surface area contributed by atoms with Crippen molar-refractivity contribution < 1.29 is 4.79 Å². The summed E-state index contributed by atoms with van der Waals surface area (Å²) in [6.07, 6.45) is 1.94. The number of likely N-dealkylation sites (N-methyl/N-ethyl adjacent to an activating group) is 1. The normalized spacial score (nSPS) is 8.67. The SMILES string of the molecule is C=C(CSC)C(=O)NC. The molecule has 0 aromatic rings. The number of thioether (sulfide) groups is 1. The summed E-state index contributed by atoms with van der Waals surface area (Å²) in [6.45, 7) is 3.58. The molecule has 0 spiro atoms. The molecule has 0 aliphatic carbocycles. The maximum Gasteiger partial charge on any atom is 0.247 e. The molecule has 1 N–H and O–H groups in total. The van der Waals surface area contributed by atoms with Crippen LogP contribution in [0.4, 0.5) is 0 Å². The molecule has 0 aromatic carbocycles. The predicted molar refractivity (Wildman–Crippen MR) is 41.6 cm³/mol. The molecular formula is C6H11NOS. The van der Waals surface area contributed by atoms with E-state index in [0.29, 0.717) is 11.3 Å². The molecule has 0 rings (SSSR count). The van der Waals surface area contributed by atoms with Crippen LogP contribution in [0.5, 0.6) is 0 Å². The molecule has 0 saturated heterocycles. The molecule has 0 aliphatic rings. The Morgan fingerprint density at radius 1 is 1.78 bits per heavy atom. The topological polar surface area (TPSA) is 29.1 Å². The lowest BCUT2D eigenvalue weighted by Gasteiger charge is -1.99. The Balaban J connectivity index is 3.60. The Morgan fingerprint density at radius 2 is 2.33 bits per heavy atom. The Labute approximate surface area is 59.7 Å². The van der Waals surface area contributed by atoms with E-state index in [1.165, 1.54) is 0 Å². The highest BCUT2D eigenvalue weighted by Crippen LogP contribution is 2.00. The Morgan fingerprint density at radius 3 is 2.67 bits per heavy atom. The van der Waals surface area contributed by atoms with Crippen LogP contribution in [0.1, 0.15) is 0 Å². The molecule has 0 aliphatic heterocycles. The summed E-state index contributed by atoms with van der Waals surface area (Å²) in [4.78, 5) is 10.7. The van der Waals surface area contributed by atoms with Crippen LogP contribution in [-0.2, 0) is 4.79 Å². The monoisotopic (exact) mass is 145 g/mol. The Hall–Kier alpha value is -0.440. The molecule has 0 unspecified atom stereocenters. The minimum absolute atomic E-state index is 0.0654. The minimum Gasteiger partial charge on any atom is -0.355 e. The summed E-state index contributed by atoms with van der Waals surface area (Å²) in [5, 5.41) is 2.50. The minimum atomic E-state index is -0.0654. The first-order chi connectivity index (χ1) is 4.22. The van der Waals surface area contributed by atoms with Crippen molar-refractivity contribution in [1.82, 2.24) is 5.32 Å². The van der Waals surface area contributed by atoms with Crippen LogP contribution in [-0.4, -0.2) is 25.0 Å². The van der Waals surface area contributed by atoms with Crippen molar-refractivity contribution in [2.45, 2.75) is 0 Å². The van der Waals surface area contributed by atoms with Gasteiger partial charge in [-0.15, -0.1) is 0 Å². The molecule has 52 valence electrons. The largest absolute Gasteiger partial charge is 0.355 e. The van der Waals surface area contributed by atoms with Crippen molar-refractivity contribution in [2.24, 2.45) is 0 Å². The van der Waals surface area contributed by atoms with Crippen molar-refractivity contribution >= 4 is 17.7 Å². The first-order valence-electron chi connectivity index (χ1n) is 2.61. The van der Waals surface area contributed by atoms with Gasteiger partial charge in [-0.1, -0.05) is 6.58 Å². The molecule has 0 atom stereocenters. The molecule has 0 heterocycles. The van der Waals surface area contributed by atoms with E-state index in [2.05, 4.69) is 11.9 Å². The highest BCUT2D eigenvalue weighted by atomic mass is 32.2.